The average molecular weight is 566 g/mol. The van der Waals surface area contributed by atoms with E-state index in [9.17, 15) is 0 Å². The second kappa shape index (κ2) is 8.79. The lowest BCUT2D eigenvalue weighted by atomic mass is 10.0. The SMILES string of the molecule is Brc1cc(Br)cc(-c2nc(-c3ccc4ccccc4c3)cc(-c3ccc4ccccc4c3)n2)c1. The lowest BCUT2D eigenvalue weighted by Gasteiger charge is -2.11. The number of hydrogen-bond acceptors (Lipinski definition) is 2. The Balaban J connectivity index is 1.58. The summed E-state index contributed by atoms with van der Waals surface area (Å²) in [6.45, 7) is 0. The maximum atomic E-state index is 5.00. The van der Waals surface area contributed by atoms with E-state index in [0.717, 1.165) is 37.0 Å². The summed E-state index contributed by atoms with van der Waals surface area (Å²) < 4.78 is 1.95. The van der Waals surface area contributed by atoms with Gasteiger partial charge in [0, 0.05) is 25.6 Å². The van der Waals surface area contributed by atoms with Crippen LogP contribution in [-0.4, -0.2) is 9.97 Å². The first kappa shape index (κ1) is 21.2. The molecule has 5 aromatic carbocycles. The highest BCUT2D eigenvalue weighted by Crippen LogP contribution is 2.32. The number of halogens is 2. The first-order valence-corrected chi connectivity index (χ1v) is 12.5. The summed E-state index contributed by atoms with van der Waals surface area (Å²) in [4.78, 5) is 10.00. The Morgan fingerprint density at radius 3 is 1.38 bits per heavy atom. The monoisotopic (exact) mass is 564 g/mol. The highest BCUT2D eigenvalue weighted by Gasteiger charge is 2.12. The summed E-state index contributed by atoms with van der Waals surface area (Å²) in [7, 11) is 0. The van der Waals surface area contributed by atoms with Crippen LogP contribution in [0.5, 0.6) is 0 Å². The van der Waals surface area contributed by atoms with Crippen LogP contribution in [0.4, 0.5) is 0 Å². The standard InChI is InChI=1S/C30H18Br2N2/c31-26-15-25(16-27(32)17-26)30-33-28(23-11-9-19-5-1-3-7-21(19)13-23)18-29(34-30)24-12-10-20-6-2-4-8-22(20)14-24/h1-18H. The molecule has 162 valence electrons. The zero-order chi connectivity index (χ0) is 23.1. The molecule has 34 heavy (non-hydrogen) atoms. The molecule has 0 aliphatic heterocycles. The molecule has 0 bridgehead atoms. The van der Waals surface area contributed by atoms with Crippen LogP contribution in [0.1, 0.15) is 0 Å². The van der Waals surface area contributed by atoms with Gasteiger partial charge in [0.2, 0.25) is 0 Å². The molecule has 6 rings (SSSR count). The Bertz CT molecular complexity index is 1570. The van der Waals surface area contributed by atoms with Gasteiger partial charge in [0.05, 0.1) is 11.4 Å². The molecule has 0 radical (unpaired) electrons. The number of fused-ring (bicyclic) bond motifs is 2. The first-order valence-electron chi connectivity index (χ1n) is 11.0. The van der Waals surface area contributed by atoms with Crippen molar-refractivity contribution in [1.82, 2.24) is 9.97 Å². The highest BCUT2D eigenvalue weighted by molar-refractivity contribution is 9.11. The van der Waals surface area contributed by atoms with Gasteiger partial charge in [-0.25, -0.2) is 9.97 Å². The third-order valence-corrected chi connectivity index (χ3v) is 6.85. The van der Waals surface area contributed by atoms with Gasteiger partial charge in [0.25, 0.3) is 0 Å². The number of hydrogen-bond donors (Lipinski definition) is 0. The highest BCUT2D eigenvalue weighted by atomic mass is 79.9. The minimum absolute atomic E-state index is 0.691. The molecule has 1 heterocycles. The second-order valence-corrected chi connectivity index (χ2v) is 10.1. The van der Waals surface area contributed by atoms with Crippen molar-refractivity contribution in [3.63, 3.8) is 0 Å². The molecular weight excluding hydrogens is 548 g/mol. The molecule has 0 saturated heterocycles. The van der Waals surface area contributed by atoms with E-state index in [2.05, 4.69) is 135 Å². The minimum atomic E-state index is 0.691. The summed E-state index contributed by atoms with van der Waals surface area (Å²) in [5, 5.41) is 4.81. The molecule has 2 nitrogen and oxygen atoms in total. The Morgan fingerprint density at radius 1 is 0.412 bits per heavy atom. The molecule has 1 aromatic heterocycles. The molecule has 0 unspecified atom stereocenters. The topological polar surface area (TPSA) is 25.8 Å². The van der Waals surface area contributed by atoms with Crippen LogP contribution in [0.25, 0.3) is 55.4 Å². The molecule has 0 spiro atoms. The average Bonchev–Trinajstić information content (AvgIpc) is 2.87. The van der Waals surface area contributed by atoms with Crippen LogP contribution in [0.3, 0.4) is 0 Å². The van der Waals surface area contributed by atoms with Crippen LogP contribution in [0, 0.1) is 0 Å². The zero-order valence-electron chi connectivity index (χ0n) is 18.0. The van der Waals surface area contributed by atoms with Crippen molar-refractivity contribution in [1.29, 1.82) is 0 Å². The lowest BCUT2D eigenvalue weighted by Crippen LogP contribution is -1.96. The predicted octanol–water partition coefficient (Wildman–Crippen LogP) is 9.31. The summed E-state index contributed by atoms with van der Waals surface area (Å²) in [6.07, 6.45) is 0. The molecule has 6 aromatic rings. The molecule has 0 N–H and O–H groups in total. The van der Waals surface area contributed by atoms with Crippen molar-refractivity contribution < 1.29 is 0 Å². The van der Waals surface area contributed by atoms with E-state index < -0.39 is 0 Å². The van der Waals surface area contributed by atoms with Gasteiger partial charge in [-0.05, 0) is 57.9 Å². The van der Waals surface area contributed by atoms with Crippen LogP contribution in [0.2, 0.25) is 0 Å². The smallest absolute Gasteiger partial charge is 0.160 e. The van der Waals surface area contributed by atoms with E-state index in [1.165, 1.54) is 21.5 Å². The normalized spacial score (nSPS) is 11.2. The van der Waals surface area contributed by atoms with E-state index in [-0.39, 0.29) is 0 Å². The first-order chi connectivity index (χ1) is 16.6. The van der Waals surface area contributed by atoms with Gasteiger partial charge in [-0.1, -0.05) is 105 Å². The van der Waals surface area contributed by atoms with Gasteiger partial charge < -0.3 is 0 Å². The summed E-state index contributed by atoms with van der Waals surface area (Å²) in [5.41, 5.74) is 4.88. The van der Waals surface area contributed by atoms with Crippen LogP contribution >= 0.6 is 31.9 Å². The van der Waals surface area contributed by atoms with Crippen LogP contribution in [0.15, 0.2) is 118 Å². The van der Waals surface area contributed by atoms with E-state index in [0.29, 0.717) is 5.82 Å². The molecule has 0 amide bonds. The van der Waals surface area contributed by atoms with Gasteiger partial charge in [-0.3, -0.25) is 0 Å². The molecule has 4 heteroatoms. The molecule has 0 fully saturated rings. The van der Waals surface area contributed by atoms with Gasteiger partial charge in [-0.15, -0.1) is 0 Å². The number of nitrogens with zero attached hydrogens (tertiary/aromatic N) is 2. The predicted molar refractivity (Wildman–Crippen MR) is 149 cm³/mol. The fourth-order valence-corrected chi connectivity index (χ4v) is 5.55. The molecule has 0 atom stereocenters. The van der Waals surface area contributed by atoms with Gasteiger partial charge >= 0.3 is 0 Å². The van der Waals surface area contributed by atoms with Crippen LogP contribution in [-0.2, 0) is 0 Å². The van der Waals surface area contributed by atoms with Crippen molar-refractivity contribution in [3.05, 3.63) is 118 Å². The van der Waals surface area contributed by atoms with Crippen molar-refractivity contribution in [2.75, 3.05) is 0 Å². The van der Waals surface area contributed by atoms with Crippen molar-refractivity contribution in [3.8, 4) is 33.9 Å². The number of rotatable bonds is 3. The maximum absolute atomic E-state index is 5.00. The third kappa shape index (κ3) is 4.15. The Morgan fingerprint density at radius 2 is 0.882 bits per heavy atom. The summed E-state index contributed by atoms with van der Waals surface area (Å²) in [5.74, 6) is 0.691. The van der Waals surface area contributed by atoms with Gasteiger partial charge in [0.15, 0.2) is 5.82 Å². The Hall–Kier alpha value is -3.34. The van der Waals surface area contributed by atoms with Crippen molar-refractivity contribution in [2.24, 2.45) is 0 Å². The molecule has 0 aliphatic rings. The molecular formula is C30H18Br2N2. The minimum Gasteiger partial charge on any atom is -0.228 e. The van der Waals surface area contributed by atoms with E-state index >= 15 is 0 Å². The Labute approximate surface area is 214 Å². The van der Waals surface area contributed by atoms with E-state index in [1.54, 1.807) is 0 Å². The van der Waals surface area contributed by atoms with Gasteiger partial charge in [-0.2, -0.15) is 0 Å². The van der Waals surface area contributed by atoms with E-state index in [1.807, 2.05) is 6.07 Å². The van der Waals surface area contributed by atoms with Crippen molar-refractivity contribution >= 4 is 53.4 Å². The quantitative estimate of drug-likeness (QED) is 0.213. The Kier molecular flexibility index (Phi) is 5.48. The third-order valence-electron chi connectivity index (χ3n) is 5.94. The number of aromatic nitrogens is 2. The zero-order valence-corrected chi connectivity index (χ0v) is 21.2. The maximum Gasteiger partial charge on any atom is 0.160 e. The van der Waals surface area contributed by atoms with Crippen molar-refractivity contribution in [2.45, 2.75) is 0 Å². The van der Waals surface area contributed by atoms with Crippen LogP contribution < -0.4 is 0 Å². The molecule has 0 aliphatic carbocycles. The van der Waals surface area contributed by atoms with Gasteiger partial charge in [0.1, 0.15) is 0 Å². The fraction of sp³-hybridized carbons (Fsp3) is 0. The molecule has 0 saturated carbocycles. The largest absolute Gasteiger partial charge is 0.228 e. The lowest BCUT2D eigenvalue weighted by molar-refractivity contribution is 1.18. The second-order valence-electron chi connectivity index (χ2n) is 8.24. The summed E-state index contributed by atoms with van der Waals surface area (Å²) >= 11 is 7.21. The van der Waals surface area contributed by atoms with E-state index in [4.69, 9.17) is 9.97 Å². The summed E-state index contributed by atoms with van der Waals surface area (Å²) in [6, 6.07) is 38.0. The number of benzene rings is 5. The fourth-order valence-electron chi connectivity index (χ4n) is 4.25.